The van der Waals surface area contributed by atoms with Crippen LogP contribution in [0.15, 0.2) is 35.3 Å². The first kappa shape index (κ1) is 19.8. The van der Waals surface area contributed by atoms with Gasteiger partial charge in [0, 0.05) is 40.8 Å². The molecule has 134 valence electrons. The fourth-order valence-corrected chi connectivity index (χ4v) is 2.08. The Morgan fingerprint density at radius 2 is 1.79 bits per heavy atom. The number of hydrogen-bond donors (Lipinski definition) is 1. The summed E-state index contributed by atoms with van der Waals surface area (Å²) in [6, 6.07) is 10.2. The number of guanidine groups is 1. The minimum Gasteiger partial charge on any atom is -0.444 e. The third kappa shape index (κ3) is 7.35. The van der Waals surface area contributed by atoms with Gasteiger partial charge >= 0.3 is 6.09 Å². The van der Waals surface area contributed by atoms with Crippen LogP contribution in [-0.2, 0) is 11.3 Å². The zero-order chi connectivity index (χ0) is 18.2. The predicted octanol–water partition coefficient (Wildman–Crippen LogP) is 2.56. The zero-order valence-electron chi connectivity index (χ0n) is 15.7. The minimum absolute atomic E-state index is 0.322. The van der Waals surface area contributed by atoms with E-state index in [1.54, 1.807) is 19.0 Å². The Kier molecular flexibility index (Phi) is 7.55. The van der Waals surface area contributed by atoms with Gasteiger partial charge in [-0.15, -0.1) is 0 Å². The molecule has 0 bridgehead atoms. The van der Waals surface area contributed by atoms with Crippen LogP contribution in [0, 0.1) is 0 Å². The summed E-state index contributed by atoms with van der Waals surface area (Å²) in [4.78, 5) is 19.8. The van der Waals surface area contributed by atoms with Crippen molar-refractivity contribution >= 4 is 12.1 Å². The molecule has 0 heterocycles. The molecule has 0 unspecified atom stereocenters. The molecule has 0 fully saturated rings. The number of nitrogens with one attached hydrogen (secondary N) is 1. The molecule has 0 atom stereocenters. The fourth-order valence-electron chi connectivity index (χ4n) is 2.08. The number of hydrogen-bond acceptors (Lipinski definition) is 3. The summed E-state index contributed by atoms with van der Waals surface area (Å²) in [5, 5.41) is 3.26. The van der Waals surface area contributed by atoms with E-state index in [-0.39, 0.29) is 6.09 Å². The van der Waals surface area contributed by atoms with Crippen LogP contribution in [0.3, 0.4) is 0 Å². The molecular weight excluding hydrogens is 304 g/mol. The SMILES string of the molecule is CN=C(NCCN(C)C(=O)OC(C)(C)C)N(C)Cc1ccccc1. The number of nitrogens with zero attached hydrogens (tertiary/aromatic N) is 3. The number of carbonyl (C=O) groups is 1. The third-order valence-electron chi connectivity index (χ3n) is 3.27. The lowest BCUT2D eigenvalue weighted by Gasteiger charge is -2.26. The van der Waals surface area contributed by atoms with Crippen LogP contribution < -0.4 is 5.32 Å². The van der Waals surface area contributed by atoms with E-state index in [4.69, 9.17) is 4.74 Å². The fraction of sp³-hybridized carbons (Fsp3) is 0.556. The van der Waals surface area contributed by atoms with Gasteiger partial charge in [0.25, 0.3) is 0 Å². The number of likely N-dealkylation sites (N-methyl/N-ethyl adjacent to an activating group) is 1. The highest BCUT2D eigenvalue weighted by molar-refractivity contribution is 5.79. The van der Waals surface area contributed by atoms with E-state index in [0.717, 1.165) is 12.5 Å². The number of amides is 1. The van der Waals surface area contributed by atoms with Crippen molar-refractivity contribution in [3.05, 3.63) is 35.9 Å². The highest BCUT2D eigenvalue weighted by atomic mass is 16.6. The highest BCUT2D eigenvalue weighted by Crippen LogP contribution is 2.08. The molecule has 1 amide bonds. The molecule has 0 aliphatic heterocycles. The topological polar surface area (TPSA) is 57.2 Å². The lowest BCUT2D eigenvalue weighted by molar-refractivity contribution is 0.0302. The maximum Gasteiger partial charge on any atom is 0.410 e. The monoisotopic (exact) mass is 334 g/mol. The van der Waals surface area contributed by atoms with E-state index in [1.807, 2.05) is 50.9 Å². The molecule has 1 aromatic carbocycles. The molecule has 6 nitrogen and oxygen atoms in total. The van der Waals surface area contributed by atoms with Crippen LogP contribution >= 0.6 is 0 Å². The average Bonchev–Trinajstić information content (AvgIpc) is 2.50. The molecule has 0 saturated heterocycles. The first-order chi connectivity index (χ1) is 11.2. The van der Waals surface area contributed by atoms with Gasteiger partial charge in [0.15, 0.2) is 5.96 Å². The predicted molar refractivity (Wildman–Crippen MR) is 98.1 cm³/mol. The van der Waals surface area contributed by atoms with Crippen LogP contribution in [0.4, 0.5) is 4.79 Å². The van der Waals surface area contributed by atoms with Gasteiger partial charge in [-0.3, -0.25) is 4.99 Å². The Bertz CT molecular complexity index is 538. The Hall–Kier alpha value is -2.24. The number of aliphatic imine (C=N–C) groups is 1. The summed E-state index contributed by atoms with van der Waals surface area (Å²) < 4.78 is 5.33. The van der Waals surface area contributed by atoms with Crippen LogP contribution in [0.5, 0.6) is 0 Å². The standard InChI is InChI=1S/C18H30N4O2/c1-18(2,3)24-17(23)21(5)13-12-20-16(19-4)22(6)14-15-10-8-7-9-11-15/h7-11H,12-14H2,1-6H3,(H,19,20). The van der Waals surface area contributed by atoms with Crippen molar-refractivity contribution in [1.29, 1.82) is 0 Å². The molecule has 0 aliphatic carbocycles. The maximum absolute atomic E-state index is 11.9. The lowest BCUT2D eigenvalue weighted by Crippen LogP contribution is -2.43. The van der Waals surface area contributed by atoms with Crippen LogP contribution in [0.2, 0.25) is 0 Å². The van der Waals surface area contributed by atoms with Gasteiger partial charge in [-0.25, -0.2) is 4.79 Å². The van der Waals surface area contributed by atoms with Gasteiger partial charge in [-0.2, -0.15) is 0 Å². The minimum atomic E-state index is -0.481. The van der Waals surface area contributed by atoms with Gasteiger partial charge in [-0.05, 0) is 26.3 Å². The first-order valence-electron chi connectivity index (χ1n) is 8.13. The van der Waals surface area contributed by atoms with Crippen molar-refractivity contribution in [2.75, 3.05) is 34.2 Å². The van der Waals surface area contributed by atoms with E-state index in [0.29, 0.717) is 13.1 Å². The summed E-state index contributed by atoms with van der Waals surface area (Å²) in [6.07, 6.45) is -0.322. The summed E-state index contributed by atoms with van der Waals surface area (Å²) in [5.74, 6) is 0.788. The Morgan fingerprint density at radius 3 is 2.33 bits per heavy atom. The van der Waals surface area contributed by atoms with Crippen molar-refractivity contribution in [3.63, 3.8) is 0 Å². The van der Waals surface area contributed by atoms with Crippen molar-refractivity contribution in [2.45, 2.75) is 32.9 Å². The smallest absolute Gasteiger partial charge is 0.410 e. The highest BCUT2D eigenvalue weighted by Gasteiger charge is 2.19. The molecular formula is C18H30N4O2. The molecule has 0 aromatic heterocycles. The third-order valence-corrected chi connectivity index (χ3v) is 3.27. The second kappa shape index (κ2) is 9.15. The van der Waals surface area contributed by atoms with E-state index in [1.165, 1.54) is 5.56 Å². The number of rotatable bonds is 5. The normalized spacial score (nSPS) is 11.8. The van der Waals surface area contributed by atoms with Crippen LogP contribution in [-0.4, -0.2) is 61.7 Å². The van der Waals surface area contributed by atoms with E-state index >= 15 is 0 Å². The van der Waals surface area contributed by atoms with E-state index < -0.39 is 5.60 Å². The van der Waals surface area contributed by atoms with E-state index in [9.17, 15) is 4.79 Å². The zero-order valence-corrected chi connectivity index (χ0v) is 15.7. The van der Waals surface area contributed by atoms with Crippen LogP contribution in [0.1, 0.15) is 26.3 Å². The largest absolute Gasteiger partial charge is 0.444 e. The van der Waals surface area contributed by atoms with Crippen LogP contribution in [0.25, 0.3) is 0 Å². The summed E-state index contributed by atoms with van der Waals surface area (Å²) in [5.41, 5.74) is 0.735. The molecule has 1 aromatic rings. The van der Waals surface area contributed by atoms with Gasteiger partial charge in [0.1, 0.15) is 5.60 Å². The Labute approximate surface area is 145 Å². The molecule has 6 heteroatoms. The van der Waals surface area contributed by atoms with Crippen molar-refractivity contribution < 1.29 is 9.53 Å². The lowest BCUT2D eigenvalue weighted by atomic mass is 10.2. The number of carbonyl (C=O) groups excluding carboxylic acids is 1. The second-order valence-electron chi connectivity index (χ2n) is 6.72. The van der Waals surface area contributed by atoms with Gasteiger partial charge in [0.2, 0.25) is 0 Å². The number of ether oxygens (including phenoxy) is 1. The molecule has 0 saturated carbocycles. The van der Waals surface area contributed by atoms with E-state index in [2.05, 4.69) is 22.4 Å². The van der Waals surface area contributed by atoms with Crippen molar-refractivity contribution in [2.24, 2.45) is 4.99 Å². The number of benzene rings is 1. The first-order valence-corrected chi connectivity index (χ1v) is 8.13. The van der Waals surface area contributed by atoms with Gasteiger partial charge in [-0.1, -0.05) is 30.3 Å². The molecule has 1 rings (SSSR count). The van der Waals surface area contributed by atoms with Crippen molar-refractivity contribution in [1.82, 2.24) is 15.1 Å². The van der Waals surface area contributed by atoms with Gasteiger partial charge in [0.05, 0.1) is 0 Å². The maximum atomic E-state index is 11.9. The Morgan fingerprint density at radius 1 is 1.17 bits per heavy atom. The summed E-state index contributed by atoms with van der Waals surface area (Å²) >= 11 is 0. The van der Waals surface area contributed by atoms with Crippen molar-refractivity contribution in [3.8, 4) is 0 Å². The van der Waals surface area contributed by atoms with Gasteiger partial charge < -0.3 is 19.9 Å². The molecule has 24 heavy (non-hydrogen) atoms. The summed E-state index contributed by atoms with van der Waals surface area (Å²) in [6.45, 7) is 7.48. The average molecular weight is 334 g/mol. The quantitative estimate of drug-likeness (QED) is 0.664. The molecule has 0 aliphatic rings. The summed E-state index contributed by atoms with van der Waals surface area (Å²) in [7, 11) is 5.47. The molecule has 0 spiro atoms. The molecule has 1 N–H and O–H groups in total. The molecule has 0 radical (unpaired) electrons. The second-order valence-corrected chi connectivity index (χ2v) is 6.72. The Balaban J connectivity index is 2.42.